The average Bonchev–Trinajstić information content (AvgIpc) is 3.21. The fourth-order valence-corrected chi connectivity index (χ4v) is 4.04. The molecule has 4 aromatic rings. The van der Waals surface area contributed by atoms with Crippen LogP contribution >= 0.6 is 0 Å². The van der Waals surface area contributed by atoms with E-state index in [4.69, 9.17) is 4.74 Å². The summed E-state index contributed by atoms with van der Waals surface area (Å²) in [7, 11) is 1.37. The second kappa shape index (κ2) is 8.14. The number of methoxy groups -OCH3 is 1. The lowest BCUT2D eigenvalue weighted by Crippen LogP contribution is -2.35. The number of carbonyl (C=O) groups excluding carboxylic acids is 2. The summed E-state index contributed by atoms with van der Waals surface area (Å²) in [6.07, 6.45) is 4.03. The van der Waals surface area contributed by atoms with E-state index in [0.29, 0.717) is 30.2 Å². The van der Waals surface area contributed by atoms with Crippen molar-refractivity contribution in [3.05, 3.63) is 83.3 Å². The molecule has 2 N–H and O–H groups in total. The summed E-state index contributed by atoms with van der Waals surface area (Å²) < 4.78 is 4.85. The van der Waals surface area contributed by atoms with E-state index in [9.17, 15) is 9.59 Å². The van der Waals surface area contributed by atoms with Gasteiger partial charge in [0.25, 0.3) is 5.91 Å². The molecule has 0 unspecified atom stereocenters. The van der Waals surface area contributed by atoms with Crippen molar-refractivity contribution in [2.75, 3.05) is 19.0 Å². The second-order valence-corrected chi connectivity index (χ2v) is 7.59. The molecule has 0 radical (unpaired) electrons. The van der Waals surface area contributed by atoms with E-state index < -0.39 is 0 Å². The molecular weight excluding hydrogens is 406 g/mol. The number of nitrogens with one attached hydrogen (secondary N) is 2. The number of benzene rings is 2. The number of aromatic amines is 1. The van der Waals surface area contributed by atoms with E-state index in [-0.39, 0.29) is 11.9 Å². The first-order valence-corrected chi connectivity index (χ1v) is 10.3. The predicted molar refractivity (Wildman–Crippen MR) is 120 cm³/mol. The minimum absolute atomic E-state index is 0.0493. The summed E-state index contributed by atoms with van der Waals surface area (Å²) in [6.45, 7) is 1.08. The maximum atomic E-state index is 13.3. The Balaban J connectivity index is 1.40. The first-order chi connectivity index (χ1) is 15.6. The highest BCUT2D eigenvalue weighted by Gasteiger charge is 2.25. The zero-order chi connectivity index (χ0) is 22.1. The number of ether oxygens (including phenoxy) is 1. The maximum Gasteiger partial charge on any atom is 0.337 e. The highest BCUT2D eigenvalue weighted by atomic mass is 16.5. The molecule has 0 bridgehead atoms. The van der Waals surface area contributed by atoms with Crippen LogP contribution in [0.3, 0.4) is 0 Å². The zero-order valence-electron chi connectivity index (χ0n) is 17.5. The van der Waals surface area contributed by atoms with Crippen LogP contribution in [0.5, 0.6) is 0 Å². The van der Waals surface area contributed by atoms with Crippen molar-refractivity contribution in [1.29, 1.82) is 0 Å². The normalized spacial score (nSPS) is 13.0. The molecule has 2 aromatic carbocycles. The number of anilines is 2. The number of hydrogen-bond donors (Lipinski definition) is 2. The van der Waals surface area contributed by atoms with Crippen LogP contribution in [0.1, 0.15) is 32.0 Å². The van der Waals surface area contributed by atoms with Crippen molar-refractivity contribution in [3.8, 4) is 0 Å². The molecule has 0 saturated carbocycles. The van der Waals surface area contributed by atoms with Gasteiger partial charge in [-0.3, -0.25) is 4.79 Å². The Hall–Kier alpha value is -4.20. The third-order valence-electron chi connectivity index (χ3n) is 5.61. The number of H-pyrrole nitrogens is 1. The van der Waals surface area contributed by atoms with Crippen molar-refractivity contribution >= 4 is 34.4 Å². The number of esters is 1. The van der Waals surface area contributed by atoms with Gasteiger partial charge >= 0.3 is 5.97 Å². The lowest BCUT2D eigenvalue weighted by molar-refractivity contribution is 0.0600. The smallest absolute Gasteiger partial charge is 0.337 e. The van der Waals surface area contributed by atoms with Crippen LogP contribution in [-0.2, 0) is 17.7 Å². The molecule has 8 heteroatoms. The molecule has 0 atom stereocenters. The minimum atomic E-state index is -0.377. The summed E-state index contributed by atoms with van der Waals surface area (Å²) in [5, 5.41) is 4.06. The Kier molecular flexibility index (Phi) is 5.03. The summed E-state index contributed by atoms with van der Waals surface area (Å²) in [6, 6.07) is 14.5. The van der Waals surface area contributed by atoms with Gasteiger partial charge in [0, 0.05) is 65.3 Å². The highest BCUT2D eigenvalue weighted by molar-refractivity contribution is 5.98. The molecular formula is C24H21N5O3. The number of nitrogens with zero attached hydrogens (tertiary/aromatic N) is 3. The topological polar surface area (TPSA) is 100 Å². The van der Waals surface area contributed by atoms with Crippen LogP contribution in [-0.4, -0.2) is 45.4 Å². The molecule has 0 aliphatic carbocycles. The van der Waals surface area contributed by atoms with Crippen LogP contribution in [0.2, 0.25) is 0 Å². The van der Waals surface area contributed by atoms with E-state index in [1.807, 2.05) is 29.2 Å². The van der Waals surface area contributed by atoms with Gasteiger partial charge in [-0.2, -0.15) is 0 Å². The van der Waals surface area contributed by atoms with Crippen LogP contribution in [0, 0.1) is 0 Å². The van der Waals surface area contributed by atoms with Crippen LogP contribution in [0.4, 0.5) is 11.6 Å². The van der Waals surface area contributed by atoms with Crippen molar-refractivity contribution in [2.24, 2.45) is 0 Å². The third-order valence-corrected chi connectivity index (χ3v) is 5.61. The molecule has 0 saturated heterocycles. The minimum Gasteiger partial charge on any atom is -0.465 e. The van der Waals surface area contributed by atoms with Gasteiger partial charge in [0.1, 0.15) is 0 Å². The van der Waals surface area contributed by atoms with Crippen molar-refractivity contribution in [3.63, 3.8) is 0 Å². The van der Waals surface area contributed by atoms with Gasteiger partial charge in [-0.1, -0.05) is 6.07 Å². The van der Waals surface area contributed by atoms with Crippen LogP contribution < -0.4 is 5.32 Å². The Morgan fingerprint density at radius 1 is 1.06 bits per heavy atom. The van der Waals surface area contributed by atoms with E-state index in [0.717, 1.165) is 34.3 Å². The van der Waals surface area contributed by atoms with Gasteiger partial charge in [0.2, 0.25) is 5.95 Å². The number of hydrogen-bond acceptors (Lipinski definition) is 6. The van der Waals surface area contributed by atoms with Crippen LogP contribution in [0.25, 0.3) is 10.9 Å². The summed E-state index contributed by atoms with van der Waals surface area (Å²) in [5.74, 6) is 0.0453. The number of aromatic nitrogens is 3. The van der Waals surface area contributed by atoms with Gasteiger partial charge in [-0.25, -0.2) is 14.8 Å². The first kappa shape index (κ1) is 19.7. The summed E-state index contributed by atoms with van der Waals surface area (Å²) in [5.41, 5.74) is 4.91. The molecule has 3 heterocycles. The molecule has 8 nitrogen and oxygen atoms in total. The quantitative estimate of drug-likeness (QED) is 0.482. The Morgan fingerprint density at radius 2 is 1.91 bits per heavy atom. The van der Waals surface area contributed by atoms with E-state index in [1.165, 1.54) is 7.11 Å². The molecule has 5 rings (SSSR count). The van der Waals surface area contributed by atoms with Gasteiger partial charge in [-0.05, 0) is 42.5 Å². The molecule has 1 aliphatic heterocycles. The molecule has 1 amide bonds. The fraction of sp³-hybridized carbons (Fsp3) is 0.167. The largest absolute Gasteiger partial charge is 0.465 e. The van der Waals surface area contributed by atoms with E-state index >= 15 is 0 Å². The van der Waals surface area contributed by atoms with Crippen molar-refractivity contribution in [2.45, 2.75) is 13.0 Å². The number of fused-ring (bicyclic) bond motifs is 3. The monoisotopic (exact) mass is 427 g/mol. The van der Waals surface area contributed by atoms with E-state index in [2.05, 4.69) is 20.3 Å². The highest BCUT2D eigenvalue weighted by Crippen LogP contribution is 2.29. The molecule has 1 aliphatic rings. The first-order valence-electron chi connectivity index (χ1n) is 10.3. The molecule has 0 fully saturated rings. The number of amides is 1. The Morgan fingerprint density at radius 3 is 2.72 bits per heavy atom. The van der Waals surface area contributed by atoms with Gasteiger partial charge in [-0.15, -0.1) is 0 Å². The lowest BCUT2D eigenvalue weighted by atomic mass is 10.0. The molecule has 32 heavy (non-hydrogen) atoms. The van der Waals surface area contributed by atoms with E-state index in [1.54, 1.807) is 36.7 Å². The SMILES string of the molecule is COC(=O)c1ccc2[nH]c3c(c2c1)CN(C(=O)c1cccc(Nc2ncccn2)c1)CC3. The summed E-state index contributed by atoms with van der Waals surface area (Å²) in [4.78, 5) is 38.8. The van der Waals surface area contributed by atoms with Gasteiger partial charge < -0.3 is 19.9 Å². The van der Waals surface area contributed by atoms with Gasteiger partial charge in [0.05, 0.1) is 12.7 Å². The second-order valence-electron chi connectivity index (χ2n) is 7.59. The third kappa shape index (κ3) is 3.66. The molecule has 2 aromatic heterocycles. The predicted octanol–water partition coefficient (Wildman–Crippen LogP) is 3.69. The Labute approximate surface area is 184 Å². The van der Waals surface area contributed by atoms with Crippen molar-refractivity contribution < 1.29 is 14.3 Å². The van der Waals surface area contributed by atoms with Gasteiger partial charge in [0.15, 0.2) is 0 Å². The van der Waals surface area contributed by atoms with Crippen molar-refractivity contribution in [1.82, 2.24) is 19.9 Å². The molecule has 160 valence electrons. The lowest BCUT2D eigenvalue weighted by Gasteiger charge is -2.27. The number of rotatable bonds is 4. The fourth-order valence-electron chi connectivity index (χ4n) is 4.04. The van der Waals surface area contributed by atoms with Crippen LogP contribution in [0.15, 0.2) is 60.9 Å². The standard InChI is InChI=1S/C24H21N5O3/c1-32-23(31)16-6-7-20-18(13-16)19-14-29(11-8-21(19)28-20)22(30)15-4-2-5-17(12-15)27-24-25-9-3-10-26-24/h2-7,9-10,12-13,28H,8,11,14H2,1H3,(H,25,26,27). The summed E-state index contributed by atoms with van der Waals surface area (Å²) >= 11 is 0. The number of carbonyl (C=O) groups is 2. The zero-order valence-corrected chi connectivity index (χ0v) is 17.5. The average molecular weight is 427 g/mol. The molecule has 0 spiro atoms. The maximum absolute atomic E-state index is 13.3. The Bertz CT molecular complexity index is 1320.